The van der Waals surface area contributed by atoms with E-state index in [1.54, 1.807) is 0 Å². The Balaban J connectivity index is 1.81. The van der Waals surface area contributed by atoms with E-state index < -0.39 is 29.3 Å². The number of pyridine rings is 1. The van der Waals surface area contributed by atoms with Crippen molar-refractivity contribution in [3.05, 3.63) is 94.8 Å². The van der Waals surface area contributed by atoms with Crippen molar-refractivity contribution in [1.82, 2.24) is 4.98 Å². The maximum Gasteiger partial charge on any atom is 0.418 e. The summed E-state index contributed by atoms with van der Waals surface area (Å²) in [7, 11) is 0. The minimum absolute atomic E-state index is 0.0144. The molecule has 0 spiro atoms. The van der Waals surface area contributed by atoms with Crippen LogP contribution < -0.4 is 5.32 Å². The molecule has 0 saturated carbocycles. The third-order valence-corrected chi connectivity index (χ3v) is 4.03. The van der Waals surface area contributed by atoms with Crippen molar-refractivity contribution < 1.29 is 26.7 Å². The number of rotatable bonds is 4. The van der Waals surface area contributed by atoms with Crippen LogP contribution in [0, 0.1) is 11.6 Å². The molecule has 0 unspecified atom stereocenters. The van der Waals surface area contributed by atoms with E-state index in [2.05, 4.69) is 10.3 Å². The van der Waals surface area contributed by atoms with Crippen LogP contribution in [0.2, 0.25) is 0 Å². The fourth-order valence-electron chi connectivity index (χ4n) is 2.65. The molecule has 0 aliphatic carbocycles. The maximum absolute atomic E-state index is 14.4. The smallest absolute Gasteiger partial charge is 0.322 e. The van der Waals surface area contributed by atoms with Crippen LogP contribution >= 0.6 is 0 Å². The van der Waals surface area contributed by atoms with Gasteiger partial charge in [-0.05, 0) is 41.5 Å². The molecular weight excluding hydrogens is 379 g/mol. The first-order valence-electron chi connectivity index (χ1n) is 8.10. The summed E-state index contributed by atoms with van der Waals surface area (Å²) in [4.78, 5) is 15.5. The molecule has 0 radical (unpaired) electrons. The second-order valence-corrected chi connectivity index (χ2v) is 5.95. The molecule has 0 fully saturated rings. The molecule has 3 aromatic rings. The molecule has 0 aliphatic heterocycles. The molecule has 1 aromatic heterocycles. The van der Waals surface area contributed by atoms with Crippen LogP contribution in [-0.4, -0.2) is 10.9 Å². The highest BCUT2D eigenvalue weighted by molar-refractivity contribution is 6.04. The number of carbonyl (C=O) groups is 1. The number of aromatic nitrogens is 1. The van der Waals surface area contributed by atoms with E-state index in [0.717, 1.165) is 12.1 Å². The number of anilines is 1. The number of benzene rings is 2. The van der Waals surface area contributed by atoms with Crippen LogP contribution in [0.5, 0.6) is 0 Å². The predicted molar refractivity (Wildman–Crippen MR) is 92.8 cm³/mol. The number of hydrogen-bond donors (Lipinski definition) is 1. The number of halogens is 5. The van der Waals surface area contributed by atoms with E-state index in [9.17, 15) is 26.7 Å². The largest absolute Gasteiger partial charge is 0.418 e. The predicted octanol–water partition coefficient (Wildman–Crippen LogP) is 5.22. The van der Waals surface area contributed by atoms with Crippen molar-refractivity contribution in [2.24, 2.45) is 0 Å². The summed E-state index contributed by atoms with van der Waals surface area (Å²) >= 11 is 0. The van der Waals surface area contributed by atoms with E-state index in [1.165, 1.54) is 42.6 Å². The Morgan fingerprint density at radius 1 is 0.964 bits per heavy atom. The molecule has 1 amide bonds. The van der Waals surface area contributed by atoms with Crippen LogP contribution in [0.1, 0.15) is 27.0 Å². The first-order valence-corrected chi connectivity index (χ1v) is 8.10. The summed E-state index contributed by atoms with van der Waals surface area (Å²) in [5, 5.41) is 2.36. The molecule has 3 rings (SSSR count). The van der Waals surface area contributed by atoms with Gasteiger partial charge in [0.2, 0.25) is 0 Å². The summed E-state index contributed by atoms with van der Waals surface area (Å²) in [5.41, 5.74) is -1.20. The Kier molecular flexibility index (Phi) is 5.39. The Labute approximate surface area is 156 Å². The number of carbonyl (C=O) groups excluding carboxylic acids is 1. The van der Waals surface area contributed by atoms with E-state index >= 15 is 0 Å². The van der Waals surface area contributed by atoms with Crippen molar-refractivity contribution in [2.45, 2.75) is 12.6 Å². The van der Waals surface area contributed by atoms with Gasteiger partial charge in [0.25, 0.3) is 5.91 Å². The maximum atomic E-state index is 14.4. The quantitative estimate of drug-likeness (QED) is 0.619. The van der Waals surface area contributed by atoms with Gasteiger partial charge in [0.1, 0.15) is 11.6 Å². The van der Waals surface area contributed by atoms with Crippen LogP contribution in [-0.2, 0) is 12.6 Å². The summed E-state index contributed by atoms with van der Waals surface area (Å²) in [6, 6.07) is 10.1. The topological polar surface area (TPSA) is 42.0 Å². The average Bonchev–Trinajstić information content (AvgIpc) is 2.64. The van der Waals surface area contributed by atoms with Crippen molar-refractivity contribution in [2.75, 3.05) is 5.32 Å². The fourth-order valence-corrected chi connectivity index (χ4v) is 2.65. The van der Waals surface area contributed by atoms with Gasteiger partial charge < -0.3 is 5.32 Å². The van der Waals surface area contributed by atoms with E-state index in [-0.39, 0.29) is 28.8 Å². The van der Waals surface area contributed by atoms with Crippen molar-refractivity contribution in [3.63, 3.8) is 0 Å². The molecule has 2 aromatic carbocycles. The normalized spacial score (nSPS) is 11.3. The lowest BCUT2D eigenvalue weighted by Crippen LogP contribution is -2.14. The zero-order chi connectivity index (χ0) is 20.3. The SMILES string of the molecule is O=C(Nc1ccc(Cc2ccncc2C(F)(F)F)c(F)c1)c1ccccc1F. The van der Waals surface area contributed by atoms with E-state index in [4.69, 9.17) is 0 Å². The van der Waals surface area contributed by atoms with Gasteiger partial charge in [-0.3, -0.25) is 9.78 Å². The highest BCUT2D eigenvalue weighted by Crippen LogP contribution is 2.32. The number of amides is 1. The zero-order valence-corrected chi connectivity index (χ0v) is 14.2. The number of hydrogen-bond acceptors (Lipinski definition) is 2. The number of nitrogens with zero attached hydrogens (tertiary/aromatic N) is 1. The highest BCUT2D eigenvalue weighted by Gasteiger charge is 2.33. The third kappa shape index (κ3) is 4.33. The number of nitrogens with one attached hydrogen (secondary N) is 1. The van der Waals surface area contributed by atoms with Crippen LogP contribution in [0.25, 0.3) is 0 Å². The van der Waals surface area contributed by atoms with Gasteiger partial charge >= 0.3 is 6.18 Å². The molecule has 28 heavy (non-hydrogen) atoms. The second-order valence-electron chi connectivity index (χ2n) is 5.95. The molecule has 144 valence electrons. The van der Waals surface area contributed by atoms with Crippen molar-refractivity contribution >= 4 is 11.6 Å². The first-order chi connectivity index (χ1) is 13.3. The van der Waals surface area contributed by atoms with Gasteiger partial charge in [-0.25, -0.2) is 8.78 Å². The van der Waals surface area contributed by atoms with Gasteiger partial charge in [0, 0.05) is 24.5 Å². The molecule has 0 saturated heterocycles. The lowest BCUT2D eigenvalue weighted by atomic mass is 10.0. The molecule has 3 nitrogen and oxygen atoms in total. The van der Waals surface area contributed by atoms with Gasteiger partial charge in [0.05, 0.1) is 11.1 Å². The number of alkyl halides is 3. The lowest BCUT2D eigenvalue weighted by Gasteiger charge is -2.13. The lowest BCUT2D eigenvalue weighted by molar-refractivity contribution is -0.138. The molecule has 0 atom stereocenters. The van der Waals surface area contributed by atoms with Crippen molar-refractivity contribution in [3.8, 4) is 0 Å². The molecule has 8 heteroatoms. The van der Waals surface area contributed by atoms with E-state index in [0.29, 0.717) is 6.20 Å². The van der Waals surface area contributed by atoms with Crippen LogP contribution in [0.3, 0.4) is 0 Å². The van der Waals surface area contributed by atoms with Gasteiger partial charge in [0.15, 0.2) is 0 Å². The molecular formula is C20H13F5N2O. The summed E-state index contributed by atoms with van der Waals surface area (Å²) in [5.74, 6) is -2.29. The Morgan fingerprint density at radius 2 is 1.71 bits per heavy atom. The summed E-state index contributed by atoms with van der Waals surface area (Å²) in [6.45, 7) is 0. The van der Waals surface area contributed by atoms with Crippen LogP contribution in [0.15, 0.2) is 60.9 Å². The minimum Gasteiger partial charge on any atom is -0.322 e. The fraction of sp³-hybridized carbons (Fsp3) is 0.100. The Morgan fingerprint density at radius 3 is 2.39 bits per heavy atom. The Bertz CT molecular complexity index is 1020. The Hall–Kier alpha value is -3.29. The molecule has 0 bridgehead atoms. The third-order valence-electron chi connectivity index (χ3n) is 4.03. The molecule has 0 aliphatic rings. The zero-order valence-electron chi connectivity index (χ0n) is 14.2. The second kappa shape index (κ2) is 7.75. The van der Waals surface area contributed by atoms with Gasteiger partial charge in [-0.2, -0.15) is 13.2 Å². The molecule has 1 N–H and O–H groups in total. The highest BCUT2D eigenvalue weighted by atomic mass is 19.4. The summed E-state index contributed by atoms with van der Waals surface area (Å²) in [6.07, 6.45) is -3.01. The standard InChI is InChI=1S/C20H13F5N2O/c21-17-4-2-1-3-15(17)19(28)27-14-6-5-13(18(22)10-14)9-12-7-8-26-11-16(12)20(23,24)25/h1-8,10-11H,9H2,(H,27,28). The average molecular weight is 392 g/mol. The van der Waals surface area contributed by atoms with Gasteiger partial charge in [-0.15, -0.1) is 0 Å². The minimum atomic E-state index is -4.60. The monoisotopic (exact) mass is 392 g/mol. The van der Waals surface area contributed by atoms with Crippen LogP contribution in [0.4, 0.5) is 27.6 Å². The van der Waals surface area contributed by atoms with Gasteiger partial charge in [-0.1, -0.05) is 18.2 Å². The van der Waals surface area contributed by atoms with E-state index in [1.807, 2.05) is 0 Å². The molecule has 1 heterocycles. The first kappa shape index (κ1) is 19.5. The van der Waals surface area contributed by atoms with Crippen molar-refractivity contribution in [1.29, 1.82) is 0 Å². The summed E-state index contributed by atoms with van der Waals surface area (Å²) < 4.78 is 67.1.